The van der Waals surface area contributed by atoms with E-state index in [2.05, 4.69) is 20.6 Å². The number of alkyl halides is 3. The molecule has 13 heteroatoms. The summed E-state index contributed by atoms with van der Waals surface area (Å²) in [4.78, 5) is 35.8. The van der Waals surface area contributed by atoms with Crippen LogP contribution < -0.4 is 21.1 Å². The highest BCUT2D eigenvalue weighted by molar-refractivity contribution is 5.94. The number of aromatic nitrogens is 4. The van der Waals surface area contributed by atoms with Crippen LogP contribution in [-0.2, 0) is 19.6 Å². The Morgan fingerprint density at radius 2 is 1.85 bits per heavy atom. The normalized spacial score (nSPS) is 15.7. The summed E-state index contributed by atoms with van der Waals surface area (Å²) < 4.78 is 45.7. The molecule has 2 atom stereocenters. The maximum atomic E-state index is 13.7. The molecule has 0 radical (unpaired) electrons. The predicted octanol–water partition coefficient (Wildman–Crippen LogP) is 2.82. The van der Waals surface area contributed by atoms with Crippen molar-refractivity contribution in [2.24, 2.45) is 0 Å². The van der Waals surface area contributed by atoms with Gasteiger partial charge in [0, 0.05) is 43.6 Å². The number of benzene rings is 2. The lowest BCUT2D eigenvalue weighted by atomic mass is 10.1. The predicted molar refractivity (Wildman–Crippen MR) is 143 cm³/mol. The monoisotopic (exact) mass is 568 g/mol. The lowest BCUT2D eigenvalue weighted by Crippen LogP contribution is -2.40. The van der Waals surface area contributed by atoms with Gasteiger partial charge < -0.3 is 20.5 Å². The van der Waals surface area contributed by atoms with Crippen molar-refractivity contribution in [2.75, 3.05) is 6.61 Å². The zero-order chi connectivity index (χ0) is 29.1. The van der Waals surface area contributed by atoms with Crippen LogP contribution in [0.15, 0.2) is 71.8 Å². The second kappa shape index (κ2) is 11.6. The molecule has 5 rings (SSSR count). The Labute approximate surface area is 232 Å². The molecule has 41 heavy (non-hydrogen) atoms. The van der Waals surface area contributed by atoms with Gasteiger partial charge >= 0.3 is 11.9 Å². The molecule has 2 aromatic heterocycles. The topological polar surface area (TPSA) is 123 Å². The van der Waals surface area contributed by atoms with E-state index in [9.17, 15) is 27.9 Å². The van der Waals surface area contributed by atoms with E-state index in [1.54, 1.807) is 23.0 Å². The zero-order valence-corrected chi connectivity index (χ0v) is 21.9. The fourth-order valence-electron chi connectivity index (χ4n) is 4.59. The molecule has 1 unspecified atom stereocenters. The molecule has 0 saturated heterocycles. The van der Waals surface area contributed by atoms with Crippen molar-refractivity contribution in [3.8, 4) is 22.8 Å². The first-order valence-electron chi connectivity index (χ1n) is 12.8. The molecular weight excluding hydrogens is 541 g/mol. The van der Waals surface area contributed by atoms with Crippen LogP contribution in [0, 0.1) is 0 Å². The molecule has 0 saturated carbocycles. The van der Waals surface area contributed by atoms with E-state index >= 15 is 0 Å². The molecule has 0 aliphatic carbocycles. The quantitative estimate of drug-likeness (QED) is 0.299. The average Bonchev–Trinajstić information content (AvgIpc) is 3.26. The summed E-state index contributed by atoms with van der Waals surface area (Å²) in [5, 5.41) is 15.4. The van der Waals surface area contributed by atoms with Crippen molar-refractivity contribution in [3.05, 3.63) is 94.4 Å². The summed E-state index contributed by atoms with van der Waals surface area (Å²) in [7, 11) is 0. The molecule has 214 valence electrons. The fraction of sp³-hybridized carbons (Fsp3) is 0.286. The minimum atomic E-state index is -4.80. The third-order valence-corrected chi connectivity index (χ3v) is 6.68. The third kappa shape index (κ3) is 6.00. The second-order valence-corrected chi connectivity index (χ2v) is 9.58. The van der Waals surface area contributed by atoms with Gasteiger partial charge in [-0.1, -0.05) is 24.3 Å². The van der Waals surface area contributed by atoms with Crippen molar-refractivity contribution in [2.45, 2.75) is 44.9 Å². The molecule has 0 spiro atoms. The minimum absolute atomic E-state index is 0.000506. The summed E-state index contributed by atoms with van der Waals surface area (Å²) in [6.45, 7) is 1.74. The van der Waals surface area contributed by atoms with Gasteiger partial charge in [-0.3, -0.25) is 13.9 Å². The lowest BCUT2D eigenvalue weighted by Gasteiger charge is -2.22. The molecule has 0 fully saturated rings. The van der Waals surface area contributed by atoms with Gasteiger partial charge in [0.1, 0.15) is 18.1 Å². The number of carbonyl (C=O) groups excluding carboxylic acids is 1. The average molecular weight is 569 g/mol. The van der Waals surface area contributed by atoms with E-state index in [1.807, 2.05) is 31.2 Å². The number of aliphatic hydroxyl groups excluding tert-OH is 1. The first kappa shape index (κ1) is 28.1. The Balaban J connectivity index is 1.43. The van der Waals surface area contributed by atoms with E-state index in [0.717, 1.165) is 11.1 Å². The number of imidazole rings is 1. The van der Waals surface area contributed by atoms with Gasteiger partial charge in [0.15, 0.2) is 11.9 Å². The van der Waals surface area contributed by atoms with E-state index in [4.69, 9.17) is 4.74 Å². The lowest BCUT2D eigenvalue weighted by molar-refractivity contribution is -0.210. The van der Waals surface area contributed by atoms with Crippen LogP contribution in [0.1, 0.15) is 28.7 Å². The minimum Gasteiger partial charge on any atom is -0.491 e. The highest BCUT2D eigenvalue weighted by Gasteiger charge is 2.38. The number of amides is 1. The Morgan fingerprint density at radius 3 is 2.56 bits per heavy atom. The van der Waals surface area contributed by atoms with Crippen molar-refractivity contribution in [1.82, 2.24) is 29.7 Å². The van der Waals surface area contributed by atoms with Crippen LogP contribution >= 0.6 is 0 Å². The van der Waals surface area contributed by atoms with Crippen LogP contribution in [0.25, 0.3) is 17.1 Å². The number of carbonyl (C=O) groups is 1. The Hall–Kier alpha value is -4.49. The number of aliphatic hydroxyl groups is 1. The third-order valence-electron chi connectivity index (χ3n) is 6.68. The summed E-state index contributed by atoms with van der Waals surface area (Å²) in [6, 6.07) is 14.8. The molecule has 1 amide bonds. The van der Waals surface area contributed by atoms with Crippen LogP contribution in [0.4, 0.5) is 13.2 Å². The number of ether oxygens (including phenoxy) is 1. The number of nitrogens with zero attached hydrogens (tertiary/aromatic N) is 4. The van der Waals surface area contributed by atoms with Crippen LogP contribution in [0.2, 0.25) is 0 Å². The molecule has 10 nitrogen and oxygen atoms in total. The van der Waals surface area contributed by atoms with E-state index < -0.39 is 30.5 Å². The summed E-state index contributed by atoms with van der Waals surface area (Å²) in [6.07, 6.45) is -4.17. The first-order valence-corrected chi connectivity index (χ1v) is 12.8. The molecule has 0 bridgehead atoms. The van der Waals surface area contributed by atoms with Crippen molar-refractivity contribution in [1.29, 1.82) is 0 Å². The number of halogens is 3. The zero-order valence-electron chi connectivity index (χ0n) is 21.9. The van der Waals surface area contributed by atoms with Gasteiger partial charge in [-0.2, -0.15) is 13.2 Å². The Kier molecular flexibility index (Phi) is 7.90. The molecule has 1 aliphatic rings. The standard InChI is InChI=1S/C28H27F3N6O4/c1-17-15-36-22(14-34-17)24(26(39)35-13-18-5-2-3-6-21(18)25-32-11-4-12-33-25)37(27(36)40)19-7-9-20(10-8-19)41-16-23(38)28(29,30)31/h2-12,17,23,34,38H,13-16H2,1H3,(H,35,39)/t17?,23-/m1/s1. The summed E-state index contributed by atoms with van der Waals surface area (Å²) in [5.74, 6) is 0.0958. The SMILES string of the molecule is CC1Cn2c(c(C(=O)NCc3ccccc3-c3ncccn3)n(-c3ccc(OC[C@@H](O)C(F)(F)F)cc3)c2=O)CN1. The molecule has 3 N–H and O–H groups in total. The van der Waals surface area contributed by atoms with Gasteiger partial charge in [0.2, 0.25) is 0 Å². The fourth-order valence-corrected chi connectivity index (χ4v) is 4.59. The first-order chi connectivity index (χ1) is 19.6. The van der Waals surface area contributed by atoms with Crippen molar-refractivity contribution < 1.29 is 27.8 Å². The second-order valence-electron chi connectivity index (χ2n) is 9.58. The molecule has 4 aromatic rings. The molecule has 2 aromatic carbocycles. The Morgan fingerprint density at radius 1 is 1.15 bits per heavy atom. The maximum Gasteiger partial charge on any atom is 0.417 e. The van der Waals surface area contributed by atoms with Crippen molar-refractivity contribution in [3.63, 3.8) is 0 Å². The highest BCUT2D eigenvalue weighted by atomic mass is 19.4. The number of nitrogens with one attached hydrogen (secondary N) is 2. The van der Waals surface area contributed by atoms with E-state index in [-0.39, 0.29) is 30.6 Å². The Bertz CT molecular complexity index is 1590. The number of rotatable bonds is 8. The number of hydrogen-bond acceptors (Lipinski definition) is 7. The van der Waals surface area contributed by atoms with Gasteiger partial charge in [-0.15, -0.1) is 0 Å². The van der Waals surface area contributed by atoms with Crippen LogP contribution in [0.5, 0.6) is 5.75 Å². The summed E-state index contributed by atoms with van der Waals surface area (Å²) in [5.41, 5.74) is 2.10. The van der Waals surface area contributed by atoms with Crippen molar-refractivity contribution >= 4 is 5.91 Å². The van der Waals surface area contributed by atoms with E-state index in [1.165, 1.54) is 28.8 Å². The largest absolute Gasteiger partial charge is 0.491 e. The van der Waals surface area contributed by atoms with Gasteiger partial charge in [0.25, 0.3) is 5.91 Å². The number of hydrogen-bond donors (Lipinski definition) is 3. The maximum absolute atomic E-state index is 13.7. The van der Waals surface area contributed by atoms with Crippen LogP contribution in [0.3, 0.4) is 0 Å². The highest BCUT2D eigenvalue weighted by Crippen LogP contribution is 2.24. The van der Waals surface area contributed by atoms with Crippen LogP contribution in [-0.4, -0.2) is 55.0 Å². The molecule has 3 heterocycles. The van der Waals surface area contributed by atoms with Gasteiger partial charge in [-0.05, 0) is 42.8 Å². The summed E-state index contributed by atoms with van der Waals surface area (Å²) >= 11 is 0. The van der Waals surface area contributed by atoms with Gasteiger partial charge in [-0.25, -0.2) is 14.8 Å². The number of fused-ring (bicyclic) bond motifs is 1. The van der Waals surface area contributed by atoms with Gasteiger partial charge in [0.05, 0.1) is 11.4 Å². The molecule has 1 aliphatic heterocycles. The molecular formula is C28H27F3N6O4. The smallest absolute Gasteiger partial charge is 0.417 e. The van der Waals surface area contributed by atoms with E-state index in [0.29, 0.717) is 23.8 Å².